The molecule has 0 heterocycles. The summed E-state index contributed by atoms with van der Waals surface area (Å²) in [7, 11) is 0. The third-order valence-corrected chi connectivity index (χ3v) is 2.67. The molecule has 90 valence electrons. The first kappa shape index (κ1) is 13.0. The van der Waals surface area contributed by atoms with Crippen molar-refractivity contribution in [3.8, 4) is 0 Å². The predicted octanol–water partition coefficient (Wildman–Crippen LogP) is 2.81. The maximum Gasteiger partial charge on any atom is 0.0395 e. The highest BCUT2D eigenvalue weighted by molar-refractivity contribution is 5.52. The Balaban J connectivity index is 2.78. The number of nitrogens with zero attached hydrogens (tertiary/aromatic N) is 1. The molecule has 1 aromatic rings. The monoisotopic (exact) mass is 220 g/mol. The van der Waals surface area contributed by atoms with Gasteiger partial charge >= 0.3 is 0 Å². The van der Waals surface area contributed by atoms with Crippen LogP contribution in [-0.4, -0.2) is 19.6 Å². The molecule has 1 rings (SSSR count). The van der Waals surface area contributed by atoms with Gasteiger partial charge in [0.25, 0.3) is 0 Å². The Morgan fingerprint density at radius 2 is 1.94 bits per heavy atom. The fraction of sp³-hybridized carbons (Fsp3) is 0.571. The molecule has 0 aliphatic carbocycles. The zero-order chi connectivity index (χ0) is 12.0. The predicted molar refractivity (Wildman–Crippen MR) is 71.9 cm³/mol. The van der Waals surface area contributed by atoms with Crippen molar-refractivity contribution in [3.05, 3.63) is 29.8 Å². The van der Waals surface area contributed by atoms with Crippen LogP contribution in [0.15, 0.2) is 24.3 Å². The van der Waals surface area contributed by atoms with Gasteiger partial charge < -0.3 is 10.6 Å². The molecule has 0 bridgehead atoms. The molecule has 0 radical (unpaired) electrons. The molecule has 0 unspecified atom stereocenters. The van der Waals surface area contributed by atoms with E-state index in [2.05, 4.69) is 49.9 Å². The minimum Gasteiger partial charge on any atom is -0.371 e. The van der Waals surface area contributed by atoms with Gasteiger partial charge in [0.15, 0.2) is 0 Å². The third kappa shape index (κ3) is 3.86. The molecule has 0 aliphatic heterocycles. The van der Waals surface area contributed by atoms with Crippen molar-refractivity contribution in [1.29, 1.82) is 0 Å². The summed E-state index contributed by atoms with van der Waals surface area (Å²) in [4.78, 5) is 2.45. The van der Waals surface area contributed by atoms with E-state index in [1.54, 1.807) is 0 Å². The van der Waals surface area contributed by atoms with Crippen LogP contribution in [0.1, 0.15) is 25.8 Å². The van der Waals surface area contributed by atoms with E-state index in [1.165, 1.54) is 11.3 Å². The molecular weight excluding hydrogens is 196 g/mol. The van der Waals surface area contributed by atoms with Crippen LogP contribution in [0.3, 0.4) is 0 Å². The van der Waals surface area contributed by atoms with E-state index >= 15 is 0 Å². The summed E-state index contributed by atoms with van der Waals surface area (Å²) in [6, 6.07) is 8.58. The van der Waals surface area contributed by atoms with Gasteiger partial charge in [-0.05, 0) is 37.4 Å². The minimum atomic E-state index is 0.678. The molecule has 0 saturated heterocycles. The Morgan fingerprint density at radius 1 is 1.25 bits per heavy atom. The highest BCUT2D eigenvalue weighted by atomic mass is 15.1. The first-order chi connectivity index (χ1) is 7.65. The van der Waals surface area contributed by atoms with Gasteiger partial charge in [0.2, 0.25) is 0 Å². The summed E-state index contributed by atoms with van der Waals surface area (Å²) in [6.07, 6.45) is 1.06. The Morgan fingerprint density at radius 3 is 2.50 bits per heavy atom. The van der Waals surface area contributed by atoms with Crippen molar-refractivity contribution in [3.63, 3.8) is 0 Å². The normalized spacial score (nSPS) is 10.8. The summed E-state index contributed by atoms with van der Waals surface area (Å²) in [5.41, 5.74) is 8.30. The van der Waals surface area contributed by atoms with Gasteiger partial charge in [0, 0.05) is 18.8 Å². The van der Waals surface area contributed by atoms with Crippen molar-refractivity contribution in [1.82, 2.24) is 0 Å². The number of benzene rings is 1. The molecule has 0 atom stereocenters. The van der Waals surface area contributed by atoms with Crippen LogP contribution in [0.4, 0.5) is 5.69 Å². The van der Waals surface area contributed by atoms with Crippen LogP contribution in [0.5, 0.6) is 0 Å². The average molecular weight is 220 g/mol. The number of rotatable bonds is 6. The molecular formula is C14H24N2. The van der Waals surface area contributed by atoms with Gasteiger partial charge in [-0.3, -0.25) is 0 Å². The molecule has 2 nitrogen and oxygen atoms in total. The first-order valence-electron chi connectivity index (χ1n) is 6.15. The summed E-state index contributed by atoms with van der Waals surface area (Å²) in [5, 5.41) is 0. The summed E-state index contributed by atoms with van der Waals surface area (Å²) < 4.78 is 0. The van der Waals surface area contributed by atoms with Gasteiger partial charge in [0.1, 0.15) is 0 Å². The Kier molecular flexibility index (Phi) is 5.33. The average Bonchev–Trinajstić information content (AvgIpc) is 2.24. The summed E-state index contributed by atoms with van der Waals surface area (Å²) in [6.45, 7) is 9.61. The van der Waals surface area contributed by atoms with Crippen molar-refractivity contribution >= 4 is 5.69 Å². The molecule has 2 heteroatoms. The Labute approximate surface area is 99.5 Å². The topological polar surface area (TPSA) is 29.3 Å². The minimum absolute atomic E-state index is 0.678. The molecule has 1 aromatic carbocycles. The van der Waals surface area contributed by atoms with Crippen molar-refractivity contribution < 1.29 is 0 Å². The summed E-state index contributed by atoms with van der Waals surface area (Å²) >= 11 is 0. The van der Waals surface area contributed by atoms with Crippen LogP contribution in [0, 0.1) is 12.8 Å². The van der Waals surface area contributed by atoms with Crippen LogP contribution in [0.2, 0.25) is 0 Å². The molecule has 0 aliphatic rings. The smallest absolute Gasteiger partial charge is 0.0395 e. The van der Waals surface area contributed by atoms with E-state index in [9.17, 15) is 0 Å². The van der Waals surface area contributed by atoms with Crippen molar-refractivity contribution in [2.24, 2.45) is 11.7 Å². The van der Waals surface area contributed by atoms with E-state index in [0.29, 0.717) is 5.92 Å². The molecule has 2 N–H and O–H groups in total. The van der Waals surface area contributed by atoms with E-state index in [1.807, 2.05) is 0 Å². The molecule has 0 saturated carbocycles. The van der Waals surface area contributed by atoms with Crippen LogP contribution in [-0.2, 0) is 0 Å². The zero-order valence-electron chi connectivity index (χ0n) is 10.7. The van der Waals surface area contributed by atoms with Gasteiger partial charge in [-0.2, -0.15) is 0 Å². The maximum atomic E-state index is 5.60. The van der Waals surface area contributed by atoms with Crippen molar-refractivity contribution in [2.75, 3.05) is 24.5 Å². The molecule has 0 spiro atoms. The van der Waals surface area contributed by atoms with E-state index in [0.717, 1.165) is 26.1 Å². The molecule has 0 amide bonds. The fourth-order valence-corrected chi connectivity index (χ4v) is 1.95. The second-order valence-electron chi connectivity index (χ2n) is 4.77. The number of nitrogens with two attached hydrogens (primary N) is 1. The maximum absolute atomic E-state index is 5.60. The third-order valence-electron chi connectivity index (χ3n) is 2.67. The van der Waals surface area contributed by atoms with E-state index in [-0.39, 0.29) is 0 Å². The largest absolute Gasteiger partial charge is 0.371 e. The highest BCUT2D eigenvalue weighted by Crippen LogP contribution is 2.20. The number of hydrogen-bond donors (Lipinski definition) is 1. The standard InChI is InChI=1S/C14H24N2/c1-12(2)11-16(10-6-9-15)14-8-5-4-7-13(14)3/h4-5,7-8,12H,6,9-11,15H2,1-3H3. The van der Waals surface area contributed by atoms with Gasteiger partial charge in [-0.1, -0.05) is 32.0 Å². The second kappa shape index (κ2) is 6.54. The first-order valence-corrected chi connectivity index (χ1v) is 6.15. The van der Waals surface area contributed by atoms with Crippen molar-refractivity contribution in [2.45, 2.75) is 27.2 Å². The zero-order valence-corrected chi connectivity index (χ0v) is 10.7. The lowest BCUT2D eigenvalue weighted by Gasteiger charge is -2.28. The summed E-state index contributed by atoms with van der Waals surface area (Å²) in [5.74, 6) is 0.678. The highest BCUT2D eigenvalue weighted by Gasteiger charge is 2.09. The Hall–Kier alpha value is -1.02. The fourth-order valence-electron chi connectivity index (χ4n) is 1.95. The Bertz CT molecular complexity index is 307. The lowest BCUT2D eigenvalue weighted by molar-refractivity contribution is 0.600. The van der Waals surface area contributed by atoms with E-state index < -0.39 is 0 Å². The van der Waals surface area contributed by atoms with Crippen LogP contribution < -0.4 is 10.6 Å². The van der Waals surface area contributed by atoms with E-state index in [4.69, 9.17) is 5.73 Å². The van der Waals surface area contributed by atoms with Crippen LogP contribution in [0.25, 0.3) is 0 Å². The van der Waals surface area contributed by atoms with Crippen LogP contribution >= 0.6 is 0 Å². The number of aryl methyl sites for hydroxylation is 1. The van der Waals surface area contributed by atoms with Gasteiger partial charge in [-0.25, -0.2) is 0 Å². The number of hydrogen-bond acceptors (Lipinski definition) is 2. The SMILES string of the molecule is Cc1ccccc1N(CCCN)CC(C)C. The number of anilines is 1. The quantitative estimate of drug-likeness (QED) is 0.798. The lowest BCUT2D eigenvalue weighted by atomic mass is 10.1. The van der Waals surface area contributed by atoms with Gasteiger partial charge in [0.05, 0.1) is 0 Å². The number of para-hydroxylation sites is 1. The second-order valence-corrected chi connectivity index (χ2v) is 4.77. The molecule has 0 fully saturated rings. The lowest BCUT2D eigenvalue weighted by Crippen LogP contribution is -2.30. The molecule has 0 aromatic heterocycles. The molecule has 16 heavy (non-hydrogen) atoms. The van der Waals surface area contributed by atoms with Gasteiger partial charge in [-0.15, -0.1) is 0 Å².